The lowest BCUT2D eigenvalue weighted by Gasteiger charge is -2.19. The fraction of sp³-hybridized carbons (Fsp3) is 0.346. The molecule has 1 heterocycles. The number of anilines is 2. The first-order valence-corrected chi connectivity index (χ1v) is 13.4. The Kier molecular flexibility index (Phi) is 7.35. The summed E-state index contributed by atoms with van der Waals surface area (Å²) in [5.74, 6) is 1.14. The van der Waals surface area contributed by atoms with Gasteiger partial charge in [-0.1, -0.05) is 24.2 Å². The maximum absolute atomic E-state index is 13.0. The number of rotatable bonds is 10. The first kappa shape index (κ1) is 24.7. The van der Waals surface area contributed by atoms with Gasteiger partial charge < -0.3 is 9.84 Å². The van der Waals surface area contributed by atoms with Gasteiger partial charge in [0.25, 0.3) is 5.91 Å². The van der Waals surface area contributed by atoms with E-state index in [0.29, 0.717) is 34.3 Å². The summed E-state index contributed by atoms with van der Waals surface area (Å²) in [5.41, 5.74) is 1.76. The van der Waals surface area contributed by atoms with E-state index in [0.717, 1.165) is 24.8 Å². The van der Waals surface area contributed by atoms with E-state index in [1.165, 1.54) is 0 Å². The zero-order valence-corrected chi connectivity index (χ0v) is 20.7. The minimum Gasteiger partial charge on any atom is -0.360 e. The topological polar surface area (TPSA) is 110 Å². The highest BCUT2D eigenvalue weighted by Gasteiger charge is 2.29. The fourth-order valence-corrected chi connectivity index (χ4v) is 5.47. The molecule has 0 spiro atoms. The van der Waals surface area contributed by atoms with Gasteiger partial charge in [0.1, 0.15) is 5.76 Å². The fourth-order valence-electron chi connectivity index (χ4n) is 3.77. The minimum atomic E-state index is -3.27. The van der Waals surface area contributed by atoms with E-state index < -0.39 is 9.84 Å². The molecule has 0 aliphatic heterocycles. The molecule has 1 fully saturated rings. The first-order chi connectivity index (χ1) is 16.7. The lowest BCUT2D eigenvalue weighted by molar-refractivity contribution is -0.115. The molecule has 1 N–H and O–H groups in total. The van der Waals surface area contributed by atoms with Gasteiger partial charge >= 0.3 is 0 Å². The molecular formula is C26H29N3O5S. The van der Waals surface area contributed by atoms with Crippen LogP contribution >= 0.6 is 0 Å². The maximum atomic E-state index is 13.0. The van der Waals surface area contributed by atoms with Crippen LogP contribution in [0.25, 0.3) is 0 Å². The Bertz CT molecular complexity index is 1290. The van der Waals surface area contributed by atoms with Gasteiger partial charge in [0.15, 0.2) is 15.7 Å². The number of hydrogen-bond donors (Lipinski definition) is 1. The van der Waals surface area contributed by atoms with E-state index >= 15 is 0 Å². The highest BCUT2D eigenvalue weighted by molar-refractivity contribution is 7.91. The number of benzene rings is 2. The molecule has 3 aromatic rings. The minimum absolute atomic E-state index is 0.111. The average Bonchev–Trinajstić information content (AvgIpc) is 3.53. The van der Waals surface area contributed by atoms with Crippen LogP contribution in [-0.2, 0) is 21.1 Å². The predicted octanol–water partition coefficient (Wildman–Crippen LogP) is 4.40. The second-order valence-corrected chi connectivity index (χ2v) is 11.0. The number of aryl methyl sites for hydroxylation is 1. The number of carbonyl (C=O) groups is 2. The van der Waals surface area contributed by atoms with Gasteiger partial charge in [-0.25, -0.2) is 8.42 Å². The summed E-state index contributed by atoms with van der Waals surface area (Å²) in [7, 11) is -3.27. The molecule has 0 unspecified atom stereocenters. The Hall–Kier alpha value is -3.46. The Morgan fingerprint density at radius 2 is 1.77 bits per heavy atom. The molecule has 8 nitrogen and oxygen atoms in total. The number of amides is 2. The number of hydrogen-bond acceptors (Lipinski definition) is 6. The molecule has 1 aromatic heterocycles. The Morgan fingerprint density at radius 1 is 1.09 bits per heavy atom. The molecule has 2 aromatic carbocycles. The average molecular weight is 496 g/mol. The van der Waals surface area contributed by atoms with Crippen LogP contribution in [0.3, 0.4) is 0 Å². The summed E-state index contributed by atoms with van der Waals surface area (Å²) >= 11 is 0. The molecule has 1 aliphatic carbocycles. The Morgan fingerprint density at radius 3 is 2.34 bits per heavy atom. The van der Waals surface area contributed by atoms with Crippen molar-refractivity contribution in [3.8, 4) is 0 Å². The predicted molar refractivity (Wildman–Crippen MR) is 133 cm³/mol. The molecule has 1 saturated carbocycles. The molecule has 184 valence electrons. The second kappa shape index (κ2) is 10.4. The van der Waals surface area contributed by atoms with E-state index in [4.69, 9.17) is 4.52 Å². The largest absolute Gasteiger partial charge is 0.360 e. The highest BCUT2D eigenvalue weighted by Crippen LogP contribution is 2.32. The van der Waals surface area contributed by atoms with Crippen LogP contribution in [0.2, 0.25) is 0 Å². The van der Waals surface area contributed by atoms with Crippen LogP contribution in [0.5, 0.6) is 0 Å². The van der Waals surface area contributed by atoms with E-state index in [-0.39, 0.29) is 29.9 Å². The number of sulfone groups is 1. The van der Waals surface area contributed by atoms with Gasteiger partial charge in [-0.05, 0) is 74.1 Å². The molecule has 9 heteroatoms. The van der Waals surface area contributed by atoms with Gasteiger partial charge in [-0.2, -0.15) is 0 Å². The van der Waals surface area contributed by atoms with Gasteiger partial charge in [0, 0.05) is 23.9 Å². The van der Waals surface area contributed by atoms with E-state index in [1.54, 1.807) is 66.4 Å². The molecule has 4 rings (SSSR count). The molecule has 0 bridgehead atoms. The summed E-state index contributed by atoms with van der Waals surface area (Å²) in [5, 5.41) is 6.77. The lowest BCUT2D eigenvalue weighted by Crippen LogP contribution is -2.32. The highest BCUT2D eigenvalue weighted by atomic mass is 32.2. The summed E-state index contributed by atoms with van der Waals surface area (Å²) in [6.45, 7) is 4.25. The number of nitrogens with zero attached hydrogens (tertiary/aromatic N) is 2. The van der Waals surface area contributed by atoms with Crippen molar-refractivity contribution >= 4 is 33.2 Å². The van der Waals surface area contributed by atoms with Crippen molar-refractivity contribution < 1.29 is 22.5 Å². The van der Waals surface area contributed by atoms with Crippen LogP contribution in [0.4, 0.5) is 11.5 Å². The van der Waals surface area contributed by atoms with Gasteiger partial charge in [-0.3, -0.25) is 14.5 Å². The Balaban J connectivity index is 1.35. The van der Waals surface area contributed by atoms with Crippen LogP contribution in [0.1, 0.15) is 47.9 Å². The van der Waals surface area contributed by atoms with Crippen molar-refractivity contribution in [2.24, 2.45) is 5.92 Å². The van der Waals surface area contributed by atoms with Gasteiger partial charge in [0.05, 0.1) is 17.1 Å². The number of aromatic nitrogens is 1. The monoisotopic (exact) mass is 495 g/mol. The maximum Gasteiger partial charge on any atom is 0.259 e. The standard InChI is InChI=1S/C26H29N3O5S/c1-3-14-29(24-15-18(2)34-28-24)26(31)21-8-10-22(11-9-21)27-25(30)16-19-6-12-23(13-7-19)35(32,33)17-20-4-5-20/h6-13,15,20H,3-5,14,16-17H2,1-2H3,(H,27,30). The number of nitrogens with one attached hydrogen (secondary N) is 1. The summed E-state index contributed by atoms with van der Waals surface area (Å²) in [6, 6.07) is 14.9. The van der Waals surface area contributed by atoms with Gasteiger partial charge in [-0.15, -0.1) is 0 Å². The van der Waals surface area contributed by atoms with E-state index in [1.807, 2.05) is 6.92 Å². The molecule has 0 atom stereocenters. The Labute approximate surface area is 205 Å². The van der Waals surface area contributed by atoms with Crippen molar-refractivity contribution in [2.45, 2.75) is 44.4 Å². The molecule has 0 radical (unpaired) electrons. The van der Waals surface area contributed by atoms with Crippen LogP contribution in [-0.4, -0.2) is 37.7 Å². The first-order valence-electron chi connectivity index (χ1n) is 11.7. The summed E-state index contributed by atoms with van der Waals surface area (Å²) in [4.78, 5) is 27.4. The summed E-state index contributed by atoms with van der Waals surface area (Å²) < 4.78 is 29.9. The van der Waals surface area contributed by atoms with Crippen molar-refractivity contribution in [1.82, 2.24) is 5.16 Å². The molecule has 2 amide bonds. The molecular weight excluding hydrogens is 466 g/mol. The van der Waals surface area contributed by atoms with Crippen molar-refractivity contribution in [1.29, 1.82) is 0 Å². The third-order valence-corrected chi connectivity index (χ3v) is 7.70. The smallest absolute Gasteiger partial charge is 0.259 e. The molecule has 0 saturated heterocycles. The quantitative estimate of drug-likeness (QED) is 0.446. The molecule has 35 heavy (non-hydrogen) atoms. The van der Waals surface area contributed by atoms with Crippen LogP contribution < -0.4 is 10.2 Å². The zero-order valence-electron chi connectivity index (χ0n) is 19.9. The summed E-state index contributed by atoms with van der Waals surface area (Å²) in [6.07, 6.45) is 2.83. The van der Waals surface area contributed by atoms with Crippen molar-refractivity contribution in [2.75, 3.05) is 22.5 Å². The normalized spacial score (nSPS) is 13.4. The molecule has 1 aliphatic rings. The van der Waals surface area contributed by atoms with Crippen molar-refractivity contribution in [3.05, 3.63) is 71.5 Å². The van der Waals surface area contributed by atoms with Gasteiger partial charge in [0.2, 0.25) is 5.91 Å². The third kappa shape index (κ3) is 6.36. The SMILES string of the molecule is CCCN(C(=O)c1ccc(NC(=O)Cc2ccc(S(=O)(=O)CC3CC3)cc2)cc1)c1cc(C)on1. The van der Waals surface area contributed by atoms with E-state index in [9.17, 15) is 18.0 Å². The van der Waals surface area contributed by atoms with Crippen LogP contribution in [0.15, 0.2) is 64.0 Å². The number of carbonyl (C=O) groups excluding carboxylic acids is 2. The second-order valence-electron chi connectivity index (χ2n) is 8.92. The lowest BCUT2D eigenvalue weighted by atomic mass is 10.1. The van der Waals surface area contributed by atoms with Crippen molar-refractivity contribution in [3.63, 3.8) is 0 Å². The van der Waals surface area contributed by atoms with Crippen LogP contribution in [0, 0.1) is 12.8 Å². The zero-order chi connectivity index (χ0) is 25.0. The third-order valence-electron chi connectivity index (χ3n) is 5.80. The van der Waals surface area contributed by atoms with E-state index in [2.05, 4.69) is 10.5 Å².